The van der Waals surface area contributed by atoms with Gasteiger partial charge in [-0.2, -0.15) is 0 Å². The van der Waals surface area contributed by atoms with Crippen molar-refractivity contribution in [2.45, 2.75) is 6.92 Å². The van der Waals surface area contributed by atoms with Crippen LogP contribution < -0.4 is 14.8 Å². The number of methoxy groups -OCH3 is 2. The normalized spacial score (nSPS) is 9.95. The number of benzene rings is 2. The number of nitrogens with one attached hydrogen (secondary N) is 1. The highest BCUT2D eigenvalue weighted by atomic mass is 16.5. The van der Waals surface area contributed by atoms with Crippen molar-refractivity contribution in [3.8, 4) is 22.6 Å². The van der Waals surface area contributed by atoms with E-state index < -0.39 is 0 Å². The standard InChI is InChI=1S/C16H17NO3/c1-11(18)17-13-8-5-4-7-12(13)16-14(19-2)9-6-10-15(16)20-3/h4-10H,1-3H3,(H,17,18). The van der Waals surface area contributed by atoms with Crippen LogP contribution in [0, 0.1) is 0 Å². The fourth-order valence-electron chi connectivity index (χ4n) is 2.12. The van der Waals surface area contributed by atoms with Crippen LogP contribution in [0.15, 0.2) is 42.5 Å². The van der Waals surface area contributed by atoms with Crippen LogP contribution in [0.25, 0.3) is 11.1 Å². The van der Waals surface area contributed by atoms with E-state index in [-0.39, 0.29) is 5.91 Å². The molecule has 0 fully saturated rings. The fraction of sp³-hybridized carbons (Fsp3) is 0.188. The second kappa shape index (κ2) is 6.10. The van der Waals surface area contributed by atoms with Gasteiger partial charge in [-0.05, 0) is 18.2 Å². The van der Waals surface area contributed by atoms with Crippen LogP contribution >= 0.6 is 0 Å². The zero-order valence-electron chi connectivity index (χ0n) is 11.8. The summed E-state index contributed by atoms with van der Waals surface area (Å²) in [5.41, 5.74) is 2.40. The Bertz CT molecular complexity index is 601. The number of anilines is 1. The summed E-state index contributed by atoms with van der Waals surface area (Å²) in [6.45, 7) is 1.48. The molecular formula is C16H17NO3. The van der Waals surface area contributed by atoms with Crippen molar-refractivity contribution in [3.05, 3.63) is 42.5 Å². The van der Waals surface area contributed by atoms with Gasteiger partial charge < -0.3 is 14.8 Å². The molecule has 2 rings (SSSR count). The Labute approximate surface area is 118 Å². The van der Waals surface area contributed by atoms with Gasteiger partial charge in [-0.25, -0.2) is 0 Å². The number of rotatable bonds is 4. The van der Waals surface area contributed by atoms with Crippen molar-refractivity contribution in [2.75, 3.05) is 19.5 Å². The minimum atomic E-state index is -0.119. The molecule has 0 radical (unpaired) electrons. The predicted octanol–water partition coefficient (Wildman–Crippen LogP) is 3.33. The molecule has 0 heterocycles. The Balaban J connectivity index is 2.64. The molecule has 1 amide bonds. The molecule has 2 aromatic carbocycles. The summed E-state index contributed by atoms with van der Waals surface area (Å²) in [7, 11) is 3.22. The molecule has 0 bridgehead atoms. The summed E-state index contributed by atoms with van der Waals surface area (Å²) in [5, 5.41) is 2.82. The summed E-state index contributed by atoms with van der Waals surface area (Å²) < 4.78 is 10.8. The number of hydrogen-bond donors (Lipinski definition) is 1. The third kappa shape index (κ3) is 2.74. The van der Waals surface area contributed by atoms with Crippen LogP contribution in [0.4, 0.5) is 5.69 Å². The summed E-state index contributed by atoms with van der Waals surface area (Å²) in [5.74, 6) is 1.27. The Morgan fingerprint density at radius 3 is 2.10 bits per heavy atom. The van der Waals surface area contributed by atoms with Crippen molar-refractivity contribution < 1.29 is 14.3 Å². The first kappa shape index (κ1) is 13.9. The molecule has 0 aliphatic carbocycles. The van der Waals surface area contributed by atoms with Gasteiger partial charge in [-0.1, -0.05) is 24.3 Å². The molecule has 2 aromatic rings. The first-order valence-corrected chi connectivity index (χ1v) is 6.25. The van der Waals surface area contributed by atoms with E-state index in [1.165, 1.54) is 6.92 Å². The largest absolute Gasteiger partial charge is 0.496 e. The van der Waals surface area contributed by atoms with Gasteiger partial charge in [0.2, 0.25) is 5.91 Å². The molecule has 1 N–H and O–H groups in total. The Kier molecular flexibility index (Phi) is 4.25. The van der Waals surface area contributed by atoms with E-state index in [0.717, 1.165) is 16.8 Å². The van der Waals surface area contributed by atoms with E-state index in [0.29, 0.717) is 11.5 Å². The number of carbonyl (C=O) groups is 1. The smallest absolute Gasteiger partial charge is 0.221 e. The van der Waals surface area contributed by atoms with Gasteiger partial charge in [0.05, 0.1) is 19.8 Å². The molecule has 0 unspecified atom stereocenters. The van der Waals surface area contributed by atoms with Gasteiger partial charge in [0.15, 0.2) is 0 Å². The lowest BCUT2D eigenvalue weighted by Gasteiger charge is -2.16. The average Bonchev–Trinajstić information content (AvgIpc) is 2.46. The molecule has 4 nitrogen and oxygen atoms in total. The average molecular weight is 271 g/mol. The first-order chi connectivity index (χ1) is 9.67. The van der Waals surface area contributed by atoms with E-state index in [1.54, 1.807) is 14.2 Å². The second-order valence-corrected chi connectivity index (χ2v) is 4.26. The van der Waals surface area contributed by atoms with E-state index >= 15 is 0 Å². The third-order valence-electron chi connectivity index (χ3n) is 2.93. The molecule has 0 atom stereocenters. The maximum absolute atomic E-state index is 11.3. The molecule has 4 heteroatoms. The highest BCUT2D eigenvalue weighted by molar-refractivity contribution is 5.96. The minimum absolute atomic E-state index is 0.119. The quantitative estimate of drug-likeness (QED) is 0.927. The SMILES string of the molecule is COc1cccc(OC)c1-c1ccccc1NC(C)=O. The van der Waals surface area contributed by atoms with E-state index in [9.17, 15) is 4.79 Å². The molecule has 0 spiro atoms. The van der Waals surface area contributed by atoms with Crippen LogP contribution in [-0.2, 0) is 4.79 Å². The topological polar surface area (TPSA) is 47.6 Å². The lowest BCUT2D eigenvalue weighted by molar-refractivity contribution is -0.114. The van der Waals surface area contributed by atoms with Crippen LogP contribution in [-0.4, -0.2) is 20.1 Å². The minimum Gasteiger partial charge on any atom is -0.496 e. The van der Waals surface area contributed by atoms with E-state index in [1.807, 2.05) is 42.5 Å². The Morgan fingerprint density at radius 1 is 0.950 bits per heavy atom. The van der Waals surface area contributed by atoms with E-state index in [2.05, 4.69) is 5.32 Å². The van der Waals surface area contributed by atoms with Gasteiger partial charge in [0, 0.05) is 18.2 Å². The molecule has 0 saturated heterocycles. The van der Waals surface area contributed by atoms with Gasteiger partial charge in [0.1, 0.15) is 11.5 Å². The van der Waals surface area contributed by atoms with Crippen molar-refractivity contribution >= 4 is 11.6 Å². The molecule has 0 saturated carbocycles. The maximum Gasteiger partial charge on any atom is 0.221 e. The highest BCUT2D eigenvalue weighted by Gasteiger charge is 2.15. The zero-order valence-corrected chi connectivity index (χ0v) is 11.8. The Morgan fingerprint density at radius 2 is 1.55 bits per heavy atom. The molecular weight excluding hydrogens is 254 g/mol. The second-order valence-electron chi connectivity index (χ2n) is 4.26. The number of para-hydroxylation sites is 1. The van der Waals surface area contributed by atoms with Crippen LogP contribution in [0.3, 0.4) is 0 Å². The Hall–Kier alpha value is -2.49. The summed E-state index contributed by atoms with van der Waals surface area (Å²) in [6, 6.07) is 13.1. The zero-order chi connectivity index (χ0) is 14.5. The molecule has 0 aromatic heterocycles. The summed E-state index contributed by atoms with van der Waals surface area (Å²) >= 11 is 0. The summed E-state index contributed by atoms with van der Waals surface area (Å²) in [4.78, 5) is 11.3. The lowest BCUT2D eigenvalue weighted by Crippen LogP contribution is -2.07. The van der Waals surface area contributed by atoms with Gasteiger partial charge in [-0.15, -0.1) is 0 Å². The molecule has 104 valence electrons. The monoisotopic (exact) mass is 271 g/mol. The van der Waals surface area contributed by atoms with Crippen molar-refractivity contribution in [2.24, 2.45) is 0 Å². The van der Waals surface area contributed by atoms with E-state index in [4.69, 9.17) is 9.47 Å². The highest BCUT2D eigenvalue weighted by Crippen LogP contribution is 2.41. The lowest BCUT2D eigenvalue weighted by atomic mass is 10.0. The third-order valence-corrected chi connectivity index (χ3v) is 2.93. The van der Waals surface area contributed by atoms with Gasteiger partial charge >= 0.3 is 0 Å². The number of ether oxygens (including phenoxy) is 2. The van der Waals surface area contributed by atoms with Gasteiger partial charge in [0.25, 0.3) is 0 Å². The van der Waals surface area contributed by atoms with Crippen LogP contribution in [0.1, 0.15) is 6.92 Å². The number of amides is 1. The first-order valence-electron chi connectivity index (χ1n) is 6.25. The number of carbonyl (C=O) groups excluding carboxylic acids is 1. The van der Waals surface area contributed by atoms with Crippen LogP contribution in [0.5, 0.6) is 11.5 Å². The predicted molar refractivity (Wildman–Crippen MR) is 79.3 cm³/mol. The fourth-order valence-corrected chi connectivity index (χ4v) is 2.12. The maximum atomic E-state index is 11.3. The molecule has 0 aliphatic rings. The van der Waals surface area contributed by atoms with Crippen molar-refractivity contribution in [1.29, 1.82) is 0 Å². The van der Waals surface area contributed by atoms with Crippen molar-refractivity contribution in [3.63, 3.8) is 0 Å². The molecule has 20 heavy (non-hydrogen) atoms. The number of hydrogen-bond acceptors (Lipinski definition) is 3. The van der Waals surface area contributed by atoms with Crippen molar-refractivity contribution in [1.82, 2.24) is 0 Å². The van der Waals surface area contributed by atoms with Crippen LogP contribution in [0.2, 0.25) is 0 Å². The summed E-state index contributed by atoms with van der Waals surface area (Å²) in [6.07, 6.45) is 0. The molecule has 0 aliphatic heterocycles. The van der Waals surface area contributed by atoms with Gasteiger partial charge in [-0.3, -0.25) is 4.79 Å².